The van der Waals surface area contributed by atoms with Crippen molar-refractivity contribution in [1.82, 2.24) is 20.3 Å². The van der Waals surface area contributed by atoms with Gasteiger partial charge in [-0.2, -0.15) is 0 Å². The molecule has 0 amide bonds. The van der Waals surface area contributed by atoms with Gasteiger partial charge in [-0.25, -0.2) is 4.98 Å². The number of benzene rings is 1. The van der Waals surface area contributed by atoms with E-state index < -0.39 is 0 Å². The van der Waals surface area contributed by atoms with Crippen LogP contribution < -0.4 is 5.32 Å². The second-order valence-corrected chi connectivity index (χ2v) is 5.32. The summed E-state index contributed by atoms with van der Waals surface area (Å²) in [7, 11) is 0. The predicted molar refractivity (Wildman–Crippen MR) is 81.5 cm³/mol. The lowest BCUT2D eigenvalue weighted by atomic mass is 9.95. The average molecular weight is 276 g/mol. The van der Waals surface area contributed by atoms with Gasteiger partial charge in [0, 0.05) is 24.5 Å². The van der Waals surface area contributed by atoms with E-state index in [2.05, 4.69) is 44.5 Å². The molecular weight excluding hydrogens is 260 g/mol. The largest absolute Gasteiger partial charge is 0.341 e. The first-order chi connectivity index (χ1) is 10.4. The lowest BCUT2D eigenvalue weighted by Gasteiger charge is -2.24. The molecule has 0 aliphatic carbocycles. The number of pyridine rings is 1. The molecule has 4 rings (SSSR count). The van der Waals surface area contributed by atoms with Crippen molar-refractivity contribution in [3.63, 3.8) is 0 Å². The van der Waals surface area contributed by atoms with Gasteiger partial charge < -0.3 is 10.3 Å². The number of imidazole rings is 1. The molecule has 0 spiro atoms. The van der Waals surface area contributed by atoms with Crippen LogP contribution in [-0.4, -0.2) is 15.0 Å². The molecule has 0 fully saturated rings. The topological polar surface area (TPSA) is 53.6 Å². The molecule has 1 unspecified atom stereocenters. The second-order valence-electron chi connectivity index (χ2n) is 5.32. The van der Waals surface area contributed by atoms with Gasteiger partial charge in [-0.15, -0.1) is 0 Å². The summed E-state index contributed by atoms with van der Waals surface area (Å²) >= 11 is 0. The Bertz CT molecular complexity index is 748. The summed E-state index contributed by atoms with van der Waals surface area (Å²) in [5, 5.41) is 3.55. The van der Waals surface area contributed by atoms with Crippen molar-refractivity contribution in [2.75, 3.05) is 0 Å². The van der Waals surface area contributed by atoms with Gasteiger partial charge in [0.25, 0.3) is 0 Å². The molecular formula is C17H16N4. The second kappa shape index (κ2) is 5.14. The molecule has 3 aromatic rings. The fourth-order valence-electron chi connectivity index (χ4n) is 2.84. The van der Waals surface area contributed by atoms with Crippen LogP contribution >= 0.6 is 0 Å². The molecule has 0 saturated carbocycles. The van der Waals surface area contributed by atoms with Gasteiger partial charge >= 0.3 is 0 Å². The molecule has 3 heterocycles. The summed E-state index contributed by atoms with van der Waals surface area (Å²) in [6, 6.07) is 12.8. The van der Waals surface area contributed by atoms with Gasteiger partial charge in [-0.3, -0.25) is 4.98 Å². The zero-order valence-corrected chi connectivity index (χ0v) is 11.6. The minimum atomic E-state index is 0.246. The summed E-state index contributed by atoms with van der Waals surface area (Å²) in [6.45, 7) is 0.895. The maximum Gasteiger partial charge on any atom is 0.124 e. The Balaban J connectivity index is 1.60. The Morgan fingerprint density at radius 2 is 1.81 bits per heavy atom. The summed E-state index contributed by atoms with van der Waals surface area (Å²) in [5.74, 6) is 0.997. The van der Waals surface area contributed by atoms with E-state index >= 15 is 0 Å². The molecule has 1 aliphatic heterocycles. The SMILES string of the molecule is c1ccc2c(c1)CNC(c1ncc(-c3ccncc3)[nH]1)C2. The maximum absolute atomic E-state index is 4.55. The number of fused-ring (bicyclic) bond motifs is 1. The number of nitrogens with one attached hydrogen (secondary N) is 2. The molecule has 1 atom stereocenters. The Kier molecular flexibility index (Phi) is 3.01. The first-order valence-corrected chi connectivity index (χ1v) is 7.15. The molecule has 0 bridgehead atoms. The van der Waals surface area contributed by atoms with Crippen molar-refractivity contribution in [1.29, 1.82) is 0 Å². The van der Waals surface area contributed by atoms with Gasteiger partial charge in [-0.1, -0.05) is 24.3 Å². The Labute approximate surface area is 123 Å². The van der Waals surface area contributed by atoms with Crippen LogP contribution in [0.15, 0.2) is 55.0 Å². The van der Waals surface area contributed by atoms with Crippen LogP contribution in [0, 0.1) is 0 Å². The monoisotopic (exact) mass is 276 g/mol. The molecule has 1 aliphatic rings. The maximum atomic E-state index is 4.55. The third-order valence-electron chi connectivity index (χ3n) is 4.00. The number of hydrogen-bond donors (Lipinski definition) is 2. The van der Waals surface area contributed by atoms with E-state index in [1.54, 1.807) is 12.4 Å². The predicted octanol–water partition coefficient (Wildman–Crippen LogP) is 2.86. The Hall–Kier alpha value is -2.46. The fourth-order valence-corrected chi connectivity index (χ4v) is 2.84. The standard InChI is InChI=1S/C17H16N4/c1-2-4-14-10-19-15(9-13(14)3-1)17-20-11-16(21-17)12-5-7-18-8-6-12/h1-8,11,15,19H,9-10H2,(H,20,21). The highest BCUT2D eigenvalue weighted by molar-refractivity contribution is 5.57. The number of aromatic amines is 1. The summed E-state index contributed by atoms with van der Waals surface area (Å²) in [5.41, 5.74) is 4.94. The molecule has 2 N–H and O–H groups in total. The smallest absolute Gasteiger partial charge is 0.124 e. The van der Waals surface area contributed by atoms with E-state index in [4.69, 9.17) is 0 Å². The van der Waals surface area contributed by atoms with E-state index in [1.165, 1.54) is 11.1 Å². The molecule has 4 nitrogen and oxygen atoms in total. The van der Waals surface area contributed by atoms with Gasteiger partial charge in [-0.05, 0) is 29.7 Å². The van der Waals surface area contributed by atoms with Crippen LogP contribution in [0.2, 0.25) is 0 Å². The van der Waals surface area contributed by atoms with E-state index in [-0.39, 0.29) is 6.04 Å². The lowest BCUT2D eigenvalue weighted by molar-refractivity contribution is 0.480. The van der Waals surface area contributed by atoms with Crippen LogP contribution in [0.1, 0.15) is 23.0 Å². The van der Waals surface area contributed by atoms with E-state index in [0.29, 0.717) is 0 Å². The van der Waals surface area contributed by atoms with Crippen molar-refractivity contribution in [2.45, 2.75) is 19.0 Å². The number of rotatable bonds is 2. The van der Waals surface area contributed by atoms with Crippen LogP contribution in [0.4, 0.5) is 0 Å². The summed E-state index contributed by atoms with van der Waals surface area (Å²) < 4.78 is 0. The fraction of sp³-hybridized carbons (Fsp3) is 0.176. The molecule has 2 aromatic heterocycles. The highest BCUT2D eigenvalue weighted by Gasteiger charge is 2.21. The van der Waals surface area contributed by atoms with Crippen LogP contribution in [0.5, 0.6) is 0 Å². The van der Waals surface area contributed by atoms with Crippen molar-refractivity contribution in [3.8, 4) is 11.3 Å². The lowest BCUT2D eigenvalue weighted by Crippen LogP contribution is -2.29. The normalized spacial score (nSPS) is 17.4. The number of hydrogen-bond acceptors (Lipinski definition) is 3. The van der Waals surface area contributed by atoms with Crippen molar-refractivity contribution >= 4 is 0 Å². The van der Waals surface area contributed by atoms with Crippen molar-refractivity contribution in [3.05, 3.63) is 71.9 Å². The van der Waals surface area contributed by atoms with E-state index in [0.717, 1.165) is 30.0 Å². The van der Waals surface area contributed by atoms with Crippen molar-refractivity contribution < 1.29 is 0 Å². The molecule has 0 saturated heterocycles. The first kappa shape index (κ1) is 12.3. The van der Waals surface area contributed by atoms with Gasteiger partial charge in [0.1, 0.15) is 5.82 Å². The minimum absolute atomic E-state index is 0.246. The van der Waals surface area contributed by atoms with Crippen LogP contribution in [0.3, 0.4) is 0 Å². The van der Waals surface area contributed by atoms with Crippen LogP contribution in [-0.2, 0) is 13.0 Å². The molecule has 104 valence electrons. The number of H-pyrrole nitrogens is 1. The highest BCUT2D eigenvalue weighted by atomic mass is 15.0. The molecule has 1 aromatic carbocycles. The molecule has 21 heavy (non-hydrogen) atoms. The highest BCUT2D eigenvalue weighted by Crippen LogP contribution is 2.25. The van der Waals surface area contributed by atoms with E-state index in [9.17, 15) is 0 Å². The quantitative estimate of drug-likeness (QED) is 0.756. The van der Waals surface area contributed by atoms with Crippen molar-refractivity contribution in [2.24, 2.45) is 0 Å². The minimum Gasteiger partial charge on any atom is -0.341 e. The summed E-state index contributed by atoms with van der Waals surface area (Å²) in [4.78, 5) is 12.0. The summed E-state index contributed by atoms with van der Waals surface area (Å²) in [6.07, 6.45) is 6.46. The van der Waals surface area contributed by atoms with E-state index in [1.807, 2.05) is 18.3 Å². The third kappa shape index (κ3) is 2.34. The Morgan fingerprint density at radius 3 is 2.67 bits per heavy atom. The number of nitrogens with zero attached hydrogens (tertiary/aromatic N) is 2. The van der Waals surface area contributed by atoms with Gasteiger partial charge in [0.2, 0.25) is 0 Å². The first-order valence-electron chi connectivity index (χ1n) is 7.15. The molecule has 4 heteroatoms. The third-order valence-corrected chi connectivity index (χ3v) is 4.00. The van der Waals surface area contributed by atoms with Crippen LogP contribution in [0.25, 0.3) is 11.3 Å². The average Bonchev–Trinajstić information content (AvgIpc) is 3.05. The zero-order chi connectivity index (χ0) is 14.1. The zero-order valence-electron chi connectivity index (χ0n) is 11.6. The van der Waals surface area contributed by atoms with Gasteiger partial charge in [0.15, 0.2) is 0 Å². The number of aromatic nitrogens is 3. The van der Waals surface area contributed by atoms with Gasteiger partial charge in [0.05, 0.1) is 17.9 Å². The Morgan fingerprint density at radius 1 is 1.00 bits per heavy atom. The molecule has 0 radical (unpaired) electrons.